The molecule has 6 heteroatoms. The molecule has 0 atom stereocenters. The second-order valence-electron chi connectivity index (χ2n) is 7.84. The number of hydrogen-bond donors (Lipinski definition) is 1. The first-order valence-electron chi connectivity index (χ1n) is 10.8. The first kappa shape index (κ1) is 23.0. The maximum absolute atomic E-state index is 12.8. The van der Waals surface area contributed by atoms with Gasteiger partial charge in [-0.2, -0.15) is 0 Å². The highest BCUT2D eigenvalue weighted by atomic mass is 32.2. The van der Waals surface area contributed by atoms with Crippen molar-refractivity contribution in [3.63, 3.8) is 0 Å². The number of nitrogens with zero attached hydrogens (tertiary/aromatic N) is 1. The highest BCUT2D eigenvalue weighted by Crippen LogP contribution is 2.32. The summed E-state index contributed by atoms with van der Waals surface area (Å²) in [5.41, 5.74) is 5.13. The number of aryl methyl sites for hydroxylation is 1. The van der Waals surface area contributed by atoms with E-state index in [1.165, 1.54) is 17.3 Å². The van der Waals surface area contributed by atoms with E-state index in [0.717, 1.165) is 22.4 Å². The monoisotopic (exact) mass is 472 g/mol. The van der Waals surface area contributed by atoms with Crippen LogP contribution in [0.2, 0.25) is 0 Å². The minimum atomic E-state index is -0.0949. The van der Waals surface area contributed by atoms with E-state index >= 15 is 0 Å². The molecule has 1 heterocycles. The third kappa shape index (κ3) is 5.97. The zero-order valence-corrected chi connectivity index (χ0v) is 19.9. The van der Waals surface area contributed by atoms with Crippen molar-refractivity contribution in [1.82, 2.24) is 4.90 Å². The molecular weight excluding hydrogens is 448 g/mol. The Morgan fingerprint density at radius 1 is 0.970 bits per heavy atom. The quantitative estimate of drug-likeness (QED) is 0.325. The summed E-state index contributed by atoms with van der Waals surface area (Å²) in [5, 5.41) is 2.92. The van der Waals surface area contributed by atoms with E-state index in [0.29, 0.717) is 28.6 Å². The van der Waals surface area contributed by atoms with Gasteiger partial charge in [0, 0.05) is 18.7 Å². The van der Waals surface area contributed by atoms with Gasteiger partial charge in [-0.25, -0.2) is 0 Å². The van der Waals surface area contributed by atoms with Crippen LogP contribution in [0.25, 0.3) is 17.2 Å². The van der Waals surface area contributed by atoms with Crippen LogP contribution >= 0.6 is 24.0 Å². The zero-order valence-electron chi connectivity index (χ0n) is 18.3. The first-order valence-corrected chi connectivity index (χ1v) is 12.0. The Hall–Kier alpha value is -3.22. The molecule has 0 bridgehead atoms. The number of hydrogen-bond acceptors (Lipinski definition) is 4. The van der Waals surface area contributed by atoms with E-state index in [2.05, 4.69) is 17.4 Å². The second-order valence-corrected chi connectivity index (χ2v) is 9.51. The van der Waals surface area contributed by atoms with Crippen LogP contribution in [0.1, 0.15) is 24.0 Å². The Kier molecular flexibility index (Phi) is 7.37. The Bertz CT molecular complexity index is 1190. The SMILES string of the molecule is Cc1ccc(/C=C2\SC(=S)N(CCCC(=O)Nc3ccc(-c4ccccc4)cc3)C2=O)cc1. The lowest BCUT2D eigenvalue weighted by Gasteiger charge is -2.14. The van der Waals surface area contributed by atoms with Crippen molar-refractivity contribution in [2.75, 3.05) is 11.9 Å². The van der Waals surface area contributed by atoms with E-state index in [-0.39, 0.29) is 11.8 Å². The van der Waals surface area contributed by atoms with Crippen molar-refractivity contribution in [2.45, 2.75) is 19.8 Å². The molecule has 1 saturated heterocycles. The lowest BCUT2D eigenvalue weighted by Crippen LogP contribution is -2.29. The molecule has 3 aromatic carbocycles. The molecule has 4 nitrogen and oxygen atoms in total. The van der Waals surface area contributed by atoms with E-state index in [4.69, 9.17) is 12.2 Å². The predicted octanol–water partition coefficient (Wildman–Crippen LogP) is 6.28. The molecule has 33 heavy (non-hydrogen) atoms. The lowest BCUT2D eigenvalue weighted by atomic mass is 10.1. The van der Waals surface area contributed by atoms with Gasteiger partial charge < -0.3 is 5.32 Å². The summed E-state index contributed by atoms with van der Waals surface area (Å²) in [7, 11) is 0. The van der Waals surface area contributed by atoms with Gasteiger partial charge in [-0.3, -0.25) is 14.5 Å². The number of amides is 2. The fourth-order valence-electron chi connectivity index (χ4n) is 3.50. The molecule has 1 aliphatic rings. The van der Waals surface area contributed by atoms with Crippen LogP contribution in [-0.2, 0) is 9.59 Å². The minimum Gasteiger partial charge on any atom is -0.326 e. The Labute approximate surface area is 203 Å². The van der Waals surface area contributed by atoms with Crippen molar-refractivity contribution < 1.29 is 9.59 Å². The van der Waals surface area contributed by atoms with Gasteiger partial charge in [0.1, 0.15) is 4.32 Å². The molecule has 0 radical (unpaired) electrons. The van der Waals surface area contributed by atoms with Gasteiger partial charge in [0.25, 0.3) is 5.91 Å². The number of anilines is 1. The van der Waals surface area contributed by atoms with Crippen LogP contribution in [-0.4, -0.2) is 27.6 Å². The minimum absolute atomic E-state index is 0.0805. The molecule has 3 aromatic rings. The Morgan fingerprint density at radius 2 is 1.64 bits per heavy atom. The van der Waals surface area contributed by atoms with Gasteiger partial charge in [0.15, 0.2) is 0 Å². The normalized spacial score (nSPS) is 14.7. The zero-order chi connectivity index (χ0) is 23.2. The van der Waals surface area contributed by atoms with Crippen molar-refractivity contribution in [1.29, 1.82) is 0 Å². The topological polar surface area (TPSA) is 49.4 Å². The molecule has 0 spiro atoms. The van der Waals surface area contributed by atoms with E-state index in [9.17, 15) is 9.59 Å². The maximum atomic E-state index is 12.8. The standard InChI is InChI=1S/C27H24N2O2S2/c1-19-9-11-20(12-10-19)18-24-26(31)29(27(32)33-24)17-5-8-25(30)28-23-15-13-22(14-16-23)21-6-3-2-4-7-21/h2-4,6-7,9-16,18H,5,8,17H2,1H3,(H,28,30)/b24-18-. The van der Waals surface area contributed by atoms with Gasteiger partial charge >= 0.3 is 0 Å². The van der Waals surface area contributed by atoms with Crippen LogP contribution in [0.5, 0.6) is 0 Å². The average Bonchev–Trinajstić information content (AvgIpc) is 3.09. The van der Waals surface area contributed by atoms with Gasteiger partial charge in [0.2, 0.25) is 5.91 Å². The molecule has 2 amide bonds. The van der Waals surface area contributed by atoms with E-state index in [1.54, 1.807) is 4.90 Å². The number of benzene rings is 3. The fraction of sp³-hybridized carbons (Fsp3) is 0.148. The smallest absolute Gasteiger partial charge is 0.266 e. The van der Waals surface area contributed by atoms with E-state index in [1.807, 2.05) is 79.7 Å². The van der Waals surface area contributed by atoms with Crippen LogP contribution in [0.15, 0.2) is 83.8 Å². The molecule has 1 N–H and O–H groups in total. The molecule has 166 valence electrons. The highest BCUT2D eigenvalue weighted by Gasteiger charge is 2.31. The number of carbonyl (C=O) groups is 2. The third-order valence-corrected chi connectivity index (χ3v) is 6.69. The summed E-state index contributed by atoms with van der Waals surface area (Å²) in [4.78, 5) is 27.3. The van der Waals surface area contributed by atoms with Crippen LogP contribution in [0, 0.1) is 6.92 Å². The first-order chi connectivity index (χ1) is 16.0. The second kappa shape index (κ2) is 10.6. The molecule has 0 saturated carbocycles. The van der Waals surface area contributed by atoms with Crippen molar-refractivity contribution in [3.05, 3.63) is 94.9 Å². The summed E-state index contributed by atoms with van der Waals surface area (Å²) in [5.74, 6) is -0.175. The molecule has 0 aromatic heterocycles. The Balaban J connectivity index is 1.27. The van der Waals surface area contributed by atoms with Crippen LogP contribution in [0.3, 0.4) is 0 Å². The van der Waals surface area contributed by atoms with E-state index < -0.39 is 0 Å². The molecule has 1 fully saturated rings. The number of thioether (sulfide) groups is 1. The largest absolute Gasteiger partial charge is 0.326 e. The van der Waals surface area contributed by atoms with Gasteiger partial charge in [-0.1, -0.05) is 96.3 Å². The summed E-state index contributed by atoms with van der Waals surface area (Å²) in [6.45, 7) is 2.45. The van der Waals surface area contributed by atoms with Crippen molar-refractivity contribution in [3.8, 4) is 11.1 Å². The maximum Gasteiger partial charge on any atom is 0.266 e. The summed E-state index contributed by atoms with van der Waals surface area (Å²) in [6.07, 6.45) is 2.72. The predicted molar refractivity (Wildman–Crippen MR) is 141 cm³/mol. The van der Waals surface area contributed by atoms with Gasteiger partial charge in [0.05, 0.1) is 4.91 Å². The summed E-state index contributed by atoms with van der Waals surface area (Å²) in [6, 6.07) is 25.9. The lowest BCUT2D eigenvalue weighted by molar-refractivity contribution is -0.122. The van der Waals surface area contributed by atoms with Gasteiger partial charge in [-0.05, 0) is 48.2 Å². The molecular formula is C27H24N2O2S2. The number of rotatable bonds is 7. The summed E-state index contributed by atoms with van der Waals surface area (Å²) >= 11 is 6.70. The molecule has 0 unspecified atom stereocenters. The third-order valence-electron chi connectivity index (χ3n) is 5.31. The highest BCUT2D eigenvalue weighted by molar-refractivity contribution is 8.26. The molecule has 0 aliphatic carbocycles. The van der Waals surface area contributed by atoms with Crippen LogP contribution < -0.4 is 5.32 Å². The number of carbonyl (C=O) groups excluding carboxylic acids is 2. The van der Waals surface area contributed by atoms with Crippen LogP contribution in [0.4, 0.5) is 5.69 Å². The molecule has 1 aliphatic heterocycles. The number of nitrogens with one attached hydrogen (secondary N) is 1. The number of thiocarbonyl (C=S) groups is 1. The van der Waals surface area contributed by atoms with Crippen molar-refractivity contribution >= 4 is 51.9 Å². The Morgan fingerprint density at radius 3 is 2.33 bits per heavy atom. The summed E-state index contributed by atoms with van der Waals surface area (Å²) < 4.78 is 0.537. The van der Waals surface area contributed by atoms with Gasteiger partial charge in [-0.15, -0.1) is 0 Å². The van der Waals surface area contributed by atoms with Crippen molar-refractivity contribution in [2.24, 2.45) is 0 Å². The average molecular weight is 473 g/mol. The molecule has 4 rings (SSSR count). The fourth-order valence-corrected chi connectivity index (χ4v) is 4.81.